The second-order valence-electron chi connectivity index (χ2n) is 5.11. The highest BCUT2D eigenvalue weighted by molar-refractivity contribution is 7.91. The van der Waals surface area contributed by atoms with Crippen LogP contribution in [0.1, 0.15) is 28.4 Å². The molecule has 1 aliphatic rings. The molecule has 2 heterocycles. The van der Waals surface area contributed by atoms with Crippen molar-refractivity contribution in [1.29, 1.82) is 0 Å². The van der Waals surface area contributed by atoms with Gasteiger partial charge in [-0.2, -0.15) is 0 Å². The van der Waals surface area contributed by atoms with Gasteiger partial charge >= 0.3 is 0 Å². The lowest BCUT2D eigenvalue weighted by molar-refractivity contribution is 0.0934. The molecule has 0 saturated carbocycles. The van der Waals surface area contributed by atoms with E-state index in [9.17, 15) is 18.0 Å². The Hall–Kier alpha value is -2.41. The first-order valence-corrected chi connectivity index (χ1v) is 8.44. The number of nitrogens with one attached hydrogen (secondary N) is 2. The van der Waals surface area contributed by atoms with E-state index in [1.807, 2.05) is 0 Å². The molecule has 2 N–H and O–H groups in total. The SMILES string of the molecule is O=C(N[C@H]1CCS(=O)(=O)c2ccccc21)c1ccc(=O)[nH]c1. The van der Waals surface area contributed by atoms with E-state index in [1.54, 1.807) is 24.3 Å². The number of amides is 1. The number of hydrogen-bond acceptors (Lipinski definition) is 4. The summed E-state index contributed by atoms with van der Waals surface area (Å²) in [6, 6.07) is 9.03. The third kappa shape index (κ3) is 2.67. The van der Waals surface area contributed by atoms with E-state index in [-0.39, 0.29) is 28.2 Å². The molecule has 114 valence electrons. The number of pyridine rings is 1. The van der Waals surface area contributed by atoms with Crippen LogP contribution < -0.4 is 10.9 Å². The highest BCUT2D eigenvalue weighted by Crippen LogP contribution is 2.31. The molecule has 1 aromatic carbocycles. The predicted molar refractivity (Wildman–Crippen MR) is 80.4 cm³/mol. The molecule has 1 aliphatic heterocycles. The van der Waals surface area contributed by atoms with Crippen molar-refractivity contribution < 1.29 is 13.2 Å². The maximum absolute atomic E-state index is 12.2. The van der Waals surface area contributed by atoms with E-state index in [2.05, 4.69) is 10.3 Å². The molecule has 0 radical (unpaired) electrons. The average molecular weight is 318 g/mol. The Kier molecular flexibility index (Phi) is 3.58. The average Bonchev–Trinajstić information content (AvgIpc) is 2.51. The highest BCUT2D eigenvalue weighted by Gasteiger charge is 2.30. The number of rotatable bonds is 2. The molecule has 0 bridgehead atoms. The Morgan fingerprint density at radius 3 is 2.68 bits per heavy atom. The molecule has 0 aliphatic carbocycles. The van der Waals surface area contributed by atoms with Crippen LogP contribution in [0, 0.1) is 0 Å². The van der Waals surface area contributed by atoms with Crippen molar-refractivity contribution in [2.75, 3.05) is 5.75 Å². The summed E-state index contributed by atoms with van der Waals surface area (Å²) in [5, 5.41) is 2.82. The van der Waals surface area contributed by atoms with Crippen LogP contribution in [-0.2, 0) is 9.84 Å². The van der Waals surface area contributed by atoms with Crippen molar-refractivity contribution in [3.05, 3.63) is 64.1 Å². The van der Waals surface area contributed by atoms with Gasteiger partial charge in [-0.15, -0.1) is 0 Å². The van der Waals surface area contributed by atoms with Gasteiger partial charge in [0.2, 0.25) is 5.56 Å². The van der Waals surface area contributed by atoms with E-state index >= 15 is 0 Å². The van der Waals surface area contributed by atoms with Crippen LogP contribution in [0.2, 0.25) is 0 Å². The van der Waals surface area contributed by atoms with Gasteiger partial charge in [-0.05, 0) is 24.1 Å². The second-order valence-corrected chi connectivity index (χ2v) is 7.19. The van der Waals surface area contributed by atoms with E-state index in [0.717, 1.165) is 0 Å². The van der Waals surface area contributed by atoms with Crippen molar-refractivity contribution in [3.63, 3.8) is 0 Å². The van der Waals surface area contributed by atoms with Gasteiger partial charge in [0, 0.05) is 12.3 Å². The van der Waals surface area contributed by atoms with Crippen molar-refractivity contribution in [2.24, 2.45) is 0 Å². The molecule has 3 rings (SSSR count). The summed E-state index contributed by atoms with van der Waals surface area (Å²) in [4.78, 5) is 25.9. The van der Waals surface area contributed by atoms with Crippen molar-refractivity contribution in [1.82, 2.24) is 10.3 Å². The third-order valence-electron chi connectivity index (χ3n) is 3.66. The number of sulfone groups is 1. The minimum absolute atomic E-state index is 0.000578. The smallest absolute Gasteiger partial charge is 0.253 e. The molecule has 1 aromatic heterocycles. The minimum Gasteiger partial charge on any atom is -0.345 e. The highest BCUT2D eigenvalue weighted by atomic mass is 32.2. The Morgan fingerprint density at radius 1 is 1.18 bits per heavy atom. The molecule has 0 unspecified atom stereocenters. The molecule has 2 aromatic rings. The van der Waals surface area contributed by atoms with Gasteiger partial charge in [0.05, 0.1) is 22.3 Å². The quantitative estimate of drug-likeness (QED) is 0.864. The molecule has 6 nitrogen and oxygen atoms in total. The second kappa shape index (κ2) is 5.42. The number of hydrogen-bond donors (Lipinski definition) is 2. The molecular weight excluding hydrogens is 304 g/mol. The molecule has 0 spiro atoms. The summed E-state index contributed by atoms with van der Waals surface area (Å²) in [5.41, 5.74) is 0.641. The summed E-state index contributed by atoms with van der Waals surface area (Å²) in [7, 11) is -3.28. The monoisotopic (exact) mass is 318 g/mol. The fourth-order valence-electron chi connectivity index (χ4n) is 2.53. The number of carbonyl (C=O) groups excluding carboxylic acids is 1. The number of H-pyrrole nitrogens is 1. The number of fused-ring (bicyclic) bond motifs is 1. The lowest BCUT2D eigenvalue weighted by Gasteiger charge is -2.26. The van der Waals surface area contributed by atoms with Crippen molar-refractivity contribution in [3.8, 4) is 0 Å². The Labute approximate surface area is 127 Å². The number of benzene rings is 1. The molecule has 0 saturated heterocycles. The first-order valence-electron chi connectivity index (χ1n) is 6.79. The molecule has 1 amide bonds. The van der Waals surface area contributed by atoms with Crippen molar-refractivity contribution in [2.45, 2.75) is 17.4 Å². The Morgan fingerprint density at radius 2 is 1.95 bits per heavy atom. The number of aromatic amines is 1. The summed E-state index contributed by atoms with van der Waals surface area (Å²) in [5.74, 6) is -0.351. The zero-order valence-corrected chi connectivity index (χ0v) is 12.4. The van der Waals surface area contributed by atoms with Gasteiger partial charge in [-0.3, -0.25) is 9.59 Å². The fraction of sp³-hybridized carbons (Fsp3) is 0.200. The van der Waals surface area contributed by atoms with Gasteiger partial charge in [-0.25, -0.2) is 8.42 Å². The summed E-state index contributed by atoms with van der Waals surface area (Å²) >= 11 is 0. The van der Waals surface area contributed by atoms with Gasteiger partial charge in [0.15, 0.2) is 9.84 Å². The molecule has 0 fully saturated rings. The topological polar surface area (TPSA) is 96.1 Å². The largest absolute Gasteiger partial charge is 0.345 e. The van der Waals surface area contributed by atoms with E-state index < -0.39 is 9.84 Å². The first kappa shape index (κ1) is 14.5. The molecule has 22 heavy (non-hydrogen) atoms. The molecule has 7 heteroatoms. The lowest BCUT2D eigenvalue weighted by atomic mass is 10.0. The molecule has 1 atom stereocenters. The van der Waals surface area contributed by atoms with E-state index in [4.69, 9.17) is 0 Å². The van der Waals surface area contributed by atoms with Gasteiger partial charge in [0.1, 0.15) is 0 Å². The molecular formula is C15H14N2O4S. The van der Waals surface area contributed by atoms with Crippen LogP contribution in [0.5, 0.6) is 0 Å². The standard InChI is InChI=1S/C15H14N2O4S/c18-14-6-5-10(9-16-14)15(19)17-12-7-8-22(20,21)13-4-2-1-3-11(12)13/h1-6,9,12H,7-8H2,(H,16,18)(H,17,19)/t12-/m0/s1. The van der Waals surface area contributed by atoms with Gasteiger partial charge in [0.25, 0.3) is 5.91 Å². The van der Waals surface area contributed by atoms with Crippen LogP contribution in [0.25, 0.3) is 0 Å². The zero-order chi connectivity index (χ0) is 15.7. The van der Waals surface area contributed by atoms with Gasteiger partial charge in [-0.1, -0.05) is 18.2 Å². The van der Waals surface area contributed by atoms with Crippen LogP contribution >= 0.6 is 0 Å². The summed E-state index contributed by atoms with van der Waals surface area (Å²) in [6.07, 6.45) is 1.66. The van der Waals surface area contributed by atoms with E-state index in [0.29, 0.717) is 17.5 Å². The Balaban J connectivity index is 1.89. The van der Waals surface area contributed by atoms with E-state index in [1.165, 1.54) is 18.3 Å². The summed E-state index contributed by atoms with van der Waals surface area (Å²) in [6.45, 7) is 0. The first-order chi connectivity index (χ1) is 10.5. The maximum atomic E-state index is 12.2. The van der Waals surface area contributed by atoms with Crippen molar-refractivity contribution >= 4 is 15.7 Å². The van der Waals surface area contributed by atoms with Crippen LogP contribution in [0.4, 0.5) is 0 Å². The summed E-state index contributed by atoms with van der Waals surface area (Å²) < 4.78 is 24.1. The lowest BCUT2D eigenvalue weighted by Crippen LogP contribution is -2.34. The number of carbonyl (C=O) groups is 1. The van der Waals surface area contributed by atoms with Crippen LogP contribution in [-0.4, -0.2) is 25.1 Å². The van der Waals surface area contributed by atoms with Crippen LogP contribution in [0.15, 0.2) is 52.3 Å². The minimum atomic E-state index is -3.28. The normalized spacial score (nSPS) is 19.2. The fourth-order valence-corrected chi connectivity index (χ4v) is 4.15. The number of aromatic nitrogens is 1. The van der Waals surface area contributed by atoms with Crippen LogP contribution in [0.3, 0.4) is 0 Å². The van der Waals surface area contributed by atoms with Gasteiger partial charge < -0.3 is 10.3 Å². The third-order valence-corrected chi connectivity index (χ3v) is 5.47. The Bertz CT molecular complexity index is 866. The zero-order valence-electron chi connectivity index (χ0n) is 11.6. The predicted octanol–water partition coefficient (Wildman–Crippen LogP) is 1.02. The maximum Gasteiger partial charge on any atom is 0.253 e.